The van der Waals surface area contributed by atoms with Gasteiger partial charge in [0.15, 0.2) is 0 Å². The molecule has 1 aromatic rings. The van der Waals surface area contributed by atoms with E-state index in [9.17, 15) is 10.1 Å². The van der Waals surface area contributed by atoms with Crippen LogP contribution in [0.4, 0.5) is 11.4 Å². The van der Waals surface area contributed by atoms with Crippen LogP contribution >= 0.6 is 0 Å². The highest BCUT2D eigenvalue weighted by Crippen LogP contribution is 2.28. The van der Waals surface area contributed by atoms with Crippen LogP contribution in [0.1, 0.15) is 5.56 Å². The number of hydrogen-bond acceptors (Lipinski definition) is 5. The fraction of sp³-hybridized carbons (Fsp3) is 0.455. The minimum absolute atomic E-state index is 0.00750. The van der Waals surface area contributed by atoms with Crippen LogP contribution in [-0.4, -0.2) is 41.4 Å². The average Bonchev–Trinajstić information content (AvgIpc) is 2.28. The first-order valence-corrected chi connectivity index (χ1v) is 5.32. The van der Waals surface area contributed by atoms with Gasteiger partial charge in [0.25, 0.3) is 5.69 Å². The van der Waals surface area contributed by atoms with E-state index in [0.29, 0.717) is 5.69 Å². The minimum Gasteiger partial charge on any atom is -0.395 e. The van der Waals surface area contributed by atoms with E-state index in [0.717, 1.165) is 5.56 Å². The number of aryl methyl sites for hydroxylation is 1. The number of rotatable bonds is 6. The van der Waals surface area contributed by atoms with E-state index in [1.165, 1.54) is 6.07 Å². The molecule has 0 aliphatic carbocycles. The Bertz CT molecular complexity index is 389. The topological polar surface area (TPSA) is 86.8 Å². The van der Waals surface area contributed by atoms with Gasteiger partial charge in [-0.1, -0.05) is 6.07 Å². The number of nitrogens with zero attached hydrogens (tertiary/aromatic N) is 2. The highest BCUT2D eigenvalue weighted by molar-refractivity contribution is 5.64. The highest BCUT2D eigenvalue weighted by Gasteiger charge is 2.18. The third kappa shape index (κ3) is 3.40. The molecule has 1 aromatic carbocycles. The van der Waals surface area contributed by atoms with Crippen molar-refractivity contribution < 1.29 is 15.1 Å². The van der Waals surface area contributed by atoms with Crippen molar-refractivity contribution in [2.45, 2.75) is 6.92 Å². The van der Waals surface area contributed by atoms with Crippen LogP contribution in [0.3, 0.4) is 0 Å². The van der Waals surface area contributed by atoms with Crippen molar-refractivity contribution in [2.75, 3.05) is 31.2 Å². The quantitative estimate of drug-likeness (QED) is 0.564. The summed E-state index contributed by atoms with van der Waals surface area (Å²) < 4.78 is 0. The first-order valence-electron chi connectivity index (χ1n) is 5.32. The first kappa shape index (κ1) is 13.4. The van der Waals surface area contributed by atoms with Gasteiger partial charge in [-0.3, -0.25) is 10.1 Å². The lowest BCUT2D eigenvalue weighted by Crippen LogP contribution is -2.30. The second-order valence-electron chi connectivity index (χ2n) is 3.68. The summed E-state index contributed by atoms with van der Waals surface area (Å²) >= 11 is 0. The number of nitro benzene ring substituents is 1. The Labute approximate surface area is 99.3 Å². The predicted molar refractivity (Wildman–Crippen MR) is 64.2 cm³/mol. The van der Waals surface area contributed by atoms with Gasteiger partial charge >= 0.3 is 0 Å². The third-order valence-corrected chi connectivity index (χ3v) is 2.41. The number of aliphatic hydroxyl groups is 2. The van der Waals surface area contributed by atoms with E-state index in [1.54, 1.807) is 24.0 Å². The summed E-state index contributed by atoms with van der Waals surface area (Å²) in [7, 11) is 0. The number of anilines is 1. The SMILES string of the molecule is Cc1ccc(N(CCO)CCO)c([N+](=O)[O-])c1. The molecule has 0 aromatic heterocycles. The van der Waals surface area contributed by atoms with Crippen molar-refractivity contribution in [1.82, 2.24) is 0 Å². The molecule has 94 valence electrons. The van der Waals surface area contributed by atoms with E-state index >= 15 is 0 Å². The van der Waals surface area contributed by atoms with Crippen molar-refractivity contribution in [2.24, 2.45) is 0 Å². The maximum absolute atomic E-state index is 10.9. The van der Waals surface area contributed by atoms with Crippen molar-refractivity contribution >= 4 is 11.4 Å². The smallest absolute Gasteiger partial charge is 0.292 e. The van der Waals surface area contributed by atoms with Gasteiger partial charge in [0.05, 0.1) is 18.1 Å². The molecule has 0 aliphatic heterocycles. The number of nitro groups is 1. The molecule has 0 bridgehead atoms. The maximum Gasteiger partial charge on any atom is 0.292 e. The van der Waals surface area contributed by atoms with E-state index < -0.39 is 4.92 Å². The molecule has 0 amide bonds. The molecule has 0 heterocycles. The lowest BCUT2D eigenvalue weighted by atomic mass is 10.1. The fourth-order valence-electron chi connectivity index (χ4n) is 1.64. The van der Waals surface area contributed by atoms with Gasteiger partial charge in [-0.15, -0.1) is 0 Å². The van der Waals surface area contributed by atoms with E-state index in [4.69, 9.17) is 10.2 Å². The molecule has 0 saturated carbocycles. The standard InChI is InChI=1S/C11H16N2O4/c1-9-2-3-10(11(8-9)13(16)17)12(4-6-14)5-7-15/h2-3,8,14-15H,4-7H2,1H3. The zero-order chi connectivity index (χ0) is 12.8. The van der Waals surface area contributed by atoms with Gasteiger partial charge in [-0.2, -0.15) is 0 Å². The van der Waals surface area contributed by atoms with Crippen molar-refractivity contribution in [1.29, 1.82) is 0 Å². The Kier molecular flexibility index (Phi) is 4.86. The highest BCUT2D eigenvalue weighted by atomic mass is 16.6. The van der Waals surface area contributed by atoms with Crippen molar-refractivity contribution in [3.63, 3.8) is 0 Å². The third-order valence-electron chi connectivity index (χ3n) is 2.41. The van der Waals surface area contributed by atoms with Crippen molar-refractivity contribution in [3.05, 3.63) is 33.9 Å². The molecule has 0 fully saturated rings. The molecule has 2 N–H and O–H groups in total. The van der Waals surface area contributed by atoms with E-state index in [2.05, 4.69) is 0 Å². The Morgan fingerprint density at radius 2 is 1.88 bits per heavy atom. The summed E-state index contributed by atoms with van der Waals surface area (Å²) in [6.45, 7) is 2.05. The van der Waals surface area contributed by atoms with Crippen LogP contribution in [0.5, 0.6) is 0 Å². The van der Waals surface area contributed by atoms with Gasteiger partial charge in [-0.25, -0.2) is 0 Å². The summed E-state index contributed by atoms with van der Waals surface area (Å²) in [6.07, 6.45) is 0. The van der Waals surface area contributed by atoms with E-state index in [1.807, 2.05) is 0 Å². The fourth-order valence-corrected chi connectivity index (χ4v) is 1.64. The van der Waals surface area contributed by atoms with Crippen LogP contribution in [-0.2, 0) is 0 Å². The second kappa shape index (κ2) is 6.17. The largest absolute Gasteiger partial charge is 0.395 e. The first-order chi connectivity index (χ1) is 8.10. The van der Waals surface area contributed by atoms with Gasteiger partial charge in [-0.05, 0) is 18.6 Å². The molecule has 6 nitrogen and oxygen atoms in total. The van der Waals surface area contributed by atoms with Crippen LogP contribution in [0.25, 0.3) is 0 Å². The Morgan fingerprint density at radius 1 is 1.29 bits per heavy atom. The van der Waals surface area contributed by atoms with Gasteiger partial charge in [0.2, 0.25) is 0 Å². The molecule has 6 heteroatoms. The molecule has 0 saturated heterocycles. The number of benzene rings is 1. The van der Waals surface area contributed by atoms with Crippen LogP contribution in [0.15, 0.2) is 18.2 Å². The second-order valence-corrected chi connectivity index (χ2v) is 3.68. The molecule has 17 heavy (non-hydrogen) atoms. The average molecular weight is 240 g/mol. The van der Waals surface area contributed by atoms with Gasteiger partial charge in [0, 0.05) is 19.2 Å². The van der Waals surface area contributed by atoms with Crippen molar-refractivity contribution in [3.8, 4) is 0 Å². The Morgan fingerprint density at radius 3 is 2.35 bits per heavy atom. The summed E-state index contributed by atoms with van der Waals surface area (Å²) in [5, 5.41) is 28.8. The maximum atomic E-state index is 10.9. The predicted octanol–water partition coefficient (Wildman–Crippen LogP) is 0.694. The van der Waals surface area contributed by atoms with Crippen LogP contribution < -0.4 is 4.90 Å². The van der Waals surface area contributed by atoms with Crippen LogP contribution in [0.2, 0.25) is 0 Å². The summed E-state index contributed by atoms with van der Waals surface area (Å²) in [5.41, 5.74) is 1.21. The Hall–Kier alpha value is -1.66. The lowest BCUT2D eigenvalue weighted by Gasteiger charge is -2.22. The lowest BCUT2D eigenvalue weighted by molar-refractivity contribution is -0.384. The number of hydrogen-bond donors (Lipinski definition) is 2. The molecule has 1 rings (SSSR count). The van der Waals surface area contributed by atoms with Crippen LogP contribution in [0, 0.1) is 17.0 Å². The molecule has 0 radical (unpaired) electrons. The van der Waals surface area contributed by atoms with Gasteiger partial charge < -0.3 is 15.1 Å². The zero-order valence-corrected chi connectivity index (χ0v) is 9.67. The molecular formula is C11H16N2O4. The molecule has 0 atom stereocenters. The van der Waals surface area contributed by atoms with E-state index in [-0.39, 0.29) is 32.0 Å². The summed E-state index contributed by atoms with van der Waals surface area (Å²) in [6, 6.07) is 4.89. The molecule has 0 unspecified atom stereocenters. The molecule has 0 spiro atoms. The number of aliphatic hydroxyl groups excluding tert-OH is 2. The Balaban J connectivity index is 3.12. The zero-order valence-electron chi connectivity index (χ0n) is 9.67. The normalized spacial score (nSPS) is 10.3. The molecular weight excluding hydrogens is 224 g/mol. The van der Waals surface area contributed by atoms with Gasteiger partial charge in [0.1, 0.15) is 5.69 Å². The molecule has 0 aliphatic rings. The summed E-state index contributed by atoms with van der Waals surface area (Å²) in [4.78, 5) is 12.1. The summed E-state index contributed by atoms with van der Waals surface area (Å²) in [5.74, 6) is 0. The minimum atomic E-state index is -0.454. The monoisotopic (exact) mass is 240 g/mol.